The molecule has 0 radical (unpaired) electrons. The first-order valence-corrected chi connectivity index (χ1v) is 26.0. The summed E-state index contributed by atoms with van der Waals surface area (Å²) in [5, 5.41) is 0. The van der Waals surface area contributed by atoms with Crippen LogP contribution in [0.5, 0.6) is 0 Å². The Morgan fingerprint density at radius 1 is 0.333 bits per heavy atom. The molecule has 0 bridgehead atoms. The van der Waals surface area contributed by atoms with E-state index in [-0.39, 0.29) is 31.1 Å². The molecule has 60 heavy (non-hydrogen) atoms. The molecule has 0 fully saturated rings. The molecule has 1 unspecified atom stereocenters. The fraction of sp³-hybridized carbons (Fsp3) is 0.833. The normalized spacial score (nSPS) is 12.2. The van der Waals surface area contributed by atoms with Gasteiger partial charge in [0, 0.05) is 19.3 Å². The van der Waals surface area contributed by atoms with Crippen LogP contribution in [-0.4, -0.2) is 37.2 Å². The topological polar surface area (TPSA) is 78.9 Å². The van der Waals surface area contributed by atoms with Crippen molar-refractivity contribution >= 4 is 17.9 Å². The van der Waals surface area contributed by atoms with Crippen molar-refractivity contribution in [1.29, 1.82) is 0 Å². The zero-order valence-corrected chi connectivity index (χ0v) is 40.0. The predicted octanol–water partition coefficient (Wildman–Crippen LogP) is 16.9. The Morgan fingerprint density at radius 2 is 0.600 bits per heavy atom. The van der Waals surface area contributed by atoms with Gasteiger partial charge < -0.3 is 14.2 Å². The maximum Gasteiger partial charge on any atom is 0.306 e. The average molecular weight is 843 g/mol. The van der Waals surface area contributed by atoms with Crippen molar-refractivity contribution in [1.82, 2.24) is 0 Å². The van der Waals surface area contributed by atoms with E-state index >= 15 is 0 Å². The van der Waals surface area contributed by atoms with E-state index in [1.807, 2.05) is 0 Å². The third kappa shape index (κ3) is 46.7. The van der Waals surface area contributed by atoms with Crippen LogP contribution in [0.3, 0.4) is 0 Å². The van der Waals surface area contributed by atoms with Gasteiger partial charge in [-0.1, -0.05) is 211 Å². The molecule has 0 aliphatic heterocycles. The van der Waals surface area contributed by atoms with Gasteiger partial charge in [0.1, 0.15) is 13.2 Å². The number of unbranched alkanes of at least 4 members (excludes halogenated alkanes) is 30. The SMILES string of the molecule is CCCCCC/C=C\C/C=C\CCCCCCCC(=O)OCC(COC(=O)CCCCCCCCCCCCC)OC(=O)CCCCCCC/C=C\CCCCCCCC. The van der Waals surface area contributed by atoms with Crippen molar-refractivity contribution in [3.8, 4) is 0 Å². The van der Waals surface area contributed by atoms with Gasteiger partial charge >= 0.3 is 17.9 Å². The first kappa shape index (κ1) is 57.6. The predicted molar refractivity (Wildman–Crippen MR) is 256 cm³/mol. The van der Waals surface area contributed by atoms with Crippen molar-refractivity contribution in [3.05, 3.63) is 36.5 Å². The van der Waals surface area contributed by atoms with Gasteiger partial charge in [0.15, 0.2) is 6.10 Å². The molecular formula is C54H98O6. The molecule has 1 atom stereocenters. The zero-order valence-electron chi connectivity index (χ0n) is 40.0. The largest absolute Gasteiger partial charge is 0.462 e. The molecule has 0 saturated carbocycles. The third-order valence-corrected chi connectivity index (χ3v) is 11.4. The maximum absolute atomic E-state index is 12.8. The quantitative estimate of drug-likeness (QED) is 0.0263. The molecule has 0 aliphatic rings. The minimum Gasteiger partial charge on any atom is -0.462 e. The van der Waals surface area contributed by atoms with Gasteiger partial charge in [-0.05, 0) is 77.0 Å². The molecule has 350 valence electrons. The summed E-state index contributed by atoms with van der Waals surface area (Å²) in [6, 6.07) is 0. The van der Waals surface area contributed by atoms with Crippen LogP contribution in [-0.2, 0) is 28.6 Å². The summed E-state index contributed by atoms with van der Waals surface area (Å²) in [6.45, 7) is 6.61. The summed E-state index contributed by atoms with van der Waals surface area (Å²) in [6.07, 6.45) is 56.9. The number of carbonyl (C=O) groups excluding carboxylic acids is 3. The van der Waals surface area contributed by atoms with Crippen LogP contribution in [0, 0.1) is 0 Å². The van der Waals surface area contributed by atoms with Crippen LogP contribution in [0.4, 0.5) is 0 Å². The molecule has 0 heterocycles. The molecule has 0 aromatic rings. The highest BCUT2D eigenvalue weighted by molar-refractivity contribution is 5.71. The lowest BCUT2D eigenvalue weighted by Gasteiger charge is -2.18. The summed E-state index contributed by atoms with van der Waals surface area (Å²) >= 11 is 0. The fourth-order valence-corrected chi connectivity index (χ4v) is 7.41. The summed E-state index contributed by atoms with van der Waals surface area (Å²) in [4.78, 5) is 37.9. The monoisotopic (exact) mass is 843 g/mol. The molecule has 0 aromatic carbocycles. The van der Waals surface area contributed by atoms with Gasteiger partial charge in [-0.3, -0.25) is 14.4 Å². The van der Waals surface area contributed by atoms with Crippen molar-refractivity contribution < 1.29 is 28.6 Å². The number of ether oxygens (including phenoxy) is 3. The van der Waals surface area contributed by atoms with Crippen LogP contribution in [0.1, 0.15) is 271 Å². The number of esters is 3. The Kier molecular flexibility index (Phi) is 47.3. The standard InChI is InChI=1S/C54H98O6/c1-4-7-10-13-16-19-22-24-26-28-29-32-35-38-41-44-47-53(56)59-50-51(49-58-52(55)46-43-40-37-34-31-21-18-15-12-9-6-3)60-54(57)48-45-42-39-36-33-30-27-25-23-20-17-14-11-8-5-2/h19,22,25-28,51H,4-18,20-21,23-24,29-50H2,1-3H3/b22-19-,27-25-,28-26-. The molecule has 0 aliphatic carbocycles. The lowest BCUT2D eigenvalue weighted by Crippen LogP contribution is -2.30. The second-order valence-corrected chi connectivity index (χ2v) is 17.4. The van der Waals surface area contributed by atoms with E-state index < -0.39 is 6.10 Å². The Bertz CT molecular complexity index is 1020. The summed E-state index contributed by atoms with van der Waals surface area (Å²) in [7, 11) is 0. The minimum atomic E-state index is -0.778. The van der Waals surface area contributed by atoms with E-state index in [0.29, 0.717) is 19.3 Å². The maximum atomic E-state index is 12.8. The minimum absolute atomic E-state index is 0.0773. The second-order valence-electron chi connectivity index (χ2n) is 17.4. The fourth-order valence-electron chi connectivity index (χ4n) is 7.41. The van der Waals surface area contributed by atoms with Crippen LogP contribution < -0.4 is 0 Å². The highest BCUT2D eigenvalue weighted by atomic mass is 16.6. The number of hydrogen-bond acceptors (Lipinski definition) is 6. The summed E-state index contributed by atoms with van der Waals surface area (Å²) in [5.74, 6) is -0.891. The van der Waals surface area contributed by atoms with Crippen LogP contribution in [0.25, 0.3) is 0 Å². The highest BCUT2D eigenvalue weighted by Gasteiger charge is 2.19. The third-order valence-electron chi connectivity index (χ3n) is 11.4. The van der Waals surface area contributed by atoms with Crippen molar-refractivity contribution in [2.24, 2.45) is 0 Å². The molecule has 0 aromatic heterocycles. The number of hydrogen-bond donors (Lipinski definition) is 0. The summed E-state index contributed by atoms with van der Waals surface area (Å²) < 4.78 is 16.8. The zero-order chi connectivity index (χ0) is 43.7. The molecule has 0 N–H and O–H groups in total. The Morgan fingerprint density at radius 3 is 0.950 bits per heavy atom. The van der Waals surface area contributed by atoms with Crippen LogP contribution in [0.2, 0.25) is 0 Å². The van der Waals surface area contributed by atoms with E-state index in [4.69, 9.17) is 14.2 Å². The van der Waals surface area contributed by atoms with Gasteiger partial charge in [0.25, 0.3) is 0 Å². The van der Waals surface area contributed by atoms with Crippen molar-refractivity contribution in [3.63, 3.8) is 0 Å². The van der Waals surface area contributed by atoms with Gasteiger partial charge in [-0.15, -0.1) is 0 Å². The smallest absolute Gasteiger partial charge is 0.306 e. The van der Waals surface area contributed by atoms with Crippen molar-refractivity contribution in [2.75, 3.05) is 13.2 Å². The van der Waals surface area contributed by atoms with Gasteiger partial charge in [-0.2, -0.15) is 0 Å². The average Bonchev–Trinajstić information content (AvgIpc) is 3.24. The molecule has 6 nitrogen and oxygen atoms in total. The van der Waals surface area contributed by atoms with Crippen LogP contribution in [0.15, 0.2) is 36.5 Å². The van der Waals surface area contributed by atoms with E-state index in [9.17, 15) is 14.4 Å². The van der Waals surface area contributed by atoms with Crippen molar-refractivity contribution in [2.45, 2.75) is 277 Å². The van der Waals surface area contributed by atoms with Crippen LogP contribution >= 0.6 is 0 Å². The summed E-state index contributed by atoms with van der Waals surface area (Å²) in [5.41, 5.74) is 0. The Labute approximate surface area is 372 Å². The first-order chi connectivity index (χ1) is 29.5. The van der Waals surface area contributed by atoms with E-state index in [1.54, 1.807) is 0 Å². The van der Waals surface area contributed by atoms with Gasteiger partial charge in [0.2, 0.25) is 0 Å². The Balaban J connectivity index is 4.38. The van der Waals surface area contributed by atoms with Gasteiger partial charge in [-0.25, -0.2) is 0 Å². The molecule has 0 spiro atoms. The molecule has 0 saturated heterocycles. The second kappa shape index (κ2) is 49.3. The molecule has 0 rings (SSSR count). The lowest BCUT2D eigenvalue weighted by molar-refractivity contribution is -0.167. The lowest BCUT2D eigenvalue weighted by atomic mass is 10.1. The van der Waals surface area contributed by atoms with E-state index in [1.165, 1.54) is 148 Å². The number of rotatable bonds is 47. The Hall–Kier alpha value is -2.37. The molecule has 0 amide bonds. The molecule has 6 heteroatoms. The molecular weight excluding hydrogens is 745 g/mol. The van der Waals surface area contributed by atoms with Gasteiger partial charge in [0.05, 0.1) is 0 Å². The van der Waals surface area contributed by atoms with E-state index in [2.05, 4.69) is 57.2 Å². The highest BCUT2D eigenvalue weighted by Crippen LogP contribution is 2.15. The number of allylic oxidation sites excluding steroid dienone is 6. The van der Waals surface area contributed by atoms with E-state index in [0.717, 1.165) is 83.5 Å². The first-order valence-electron chi connectivity index (χ1n) is 26.0. The number of carbonyl (C=O) groups is 3.